The number of fused-ring (bicyclic) bond motifs is 1. The standard InChI is InChI=1S/C23H22N4O/c1-3-4-5-9-18-17-8-6-7-10-20(17)25-22(18)19-15-21(26-27-23(19)28-2)16-11-13-24-14-12-16/h5-15,25H,3-4H2,1-2H3. The van der Waals surface area contributed by atoms with Crippen LogP contribution >= 0.6 is 0 Å². The van der Waals surface area contributed by atoms with Gasteiger partial charge in [-0.1, -0.05) is 43.7 Å². The maximum atomic E-state index is 5.54. The van der Waals surface area contributed by atoms with Crippen LogP contribution in [0.25, 0.3) is 39.5 Å². The minimum atomic E-state index is 0.495. The molecule has 0 aliphatic rings. The largest absolute Gasteiger partial charge is 0.479 e. The number of H-pyrrole nitrogens is 1. The lowest BCUT2D eigenvalue weighted by molar-refractivity contribution is 0.394. The maximum absolute atomic E-state index is 5.54. The Hall–Kier alpha value is -3.47. The van der Waals surface area contributed by atoms with E-state index in [1.54, 1.807) is 19.5 Å². The van der Waals surface area contributed by atoms with Crippen LogP contribution in [-0.2, 0) is 0 Å². The number of allylic oxidation sites excluding steroid dienone is 1. The highest BCUT2D eigenvalue weighted by molar-refractivity contribution is 5.97. The molecule has 28 heavy (non-hydrogen) atoms. The highest BCUT2D eigenvalue weighted by Crippen LogP contribution is 2.37. The second-order valence-corrected chi connectivity index (χ2v) is 6.54. The Labute approximate surface area is 164 Å². The lowest BCUT2D eigenvalue weighted by Gasteiger charge is -2.09. The summed E-state index contributed by atoms with van der Waals surface area (Å²) in [5.74, 6) is 0.495. The summed E-state index contributed by atoms with van der Waals surface area (Å²) < 4.78 is 5.54. The summed E-state index contributed by atoms with van der Waals surface area (Å²) in [7, 11) is 1.62. The summed E-state index contributed by atoms with van der Waals surface area (Å²) in [5, 5.41) is 9.83. The Morgan fingerprint density at radius 2 is 1.89 bits per heavy atom. The molecule has 4 aromatic rings. The maximum Gasteiger partial charge on any atom is 0.242 e. The number of aromatic amines is 1. The van der Waals surface area contributed by atoms with Gasteiger partial charge in [0.1, 0.15) is 0 Å². The van der Waals surface area contributed by atoms with E-state index in [2.05, 4.69) is 57.4 Å². The van der Waals surface area contributed by atoms with Crippen LogP contribution < -0.4 is 4.74 Å². The molecule has 0 aliphatic heterocycles. The fourth-order valence-electron chi connectivity index (χ4n) is 3.29. The molecule has 5 heteroatoms. The van der Waals surface area contributed by atoms with Gasteiger partial charge in [0.2, 0.25) is 5.88 Å². The Morgan fingerprint density at radius 3 is 2.68 bits per heavy atom. The van der Waals surface area contributed by atoms with Gasteiger partial charge in [-0.25, -0.2) is 0 Å². The average molecular weight is 370 g/mol. The van der Waals surface area contributed by atoms with E-state index in [0.29, 0.717) is 5.88 Å². The van der Waals surface area contributed by atoms with Gasteiger partial charge < -0.3 is 9.72 Å². The average Bonchev–Trinajstić information content (AvgIpc) is 3.12. The van der Waals surface area contributed by atoms with E-state index in [0.717, 1.165) is 46.4 Å². The molecule has 4 rings (SSSR count). The molecule has 0 atom stereocenters. The fraction of sp³-hybridized carbons (Fsp3) is 0.174. The molecule has 0 radical (unpaired) electrons. The highest BCUT2D eigenvalue weighted by Gasteiger charge is 2.17. The Kier molecular flexibility index (Phi) is 5.15. The number of unbranched alkanes of at least 4 members (excludes halogenated alkanes) is 1. The van der Waals surface area contributed by atoms with Gasteiger partial charge in [-0.15, -0.1) is 10.2 Å². The van der Waals surface area contributed by atoms with E-state index in [-0.39, 0.29) is 0 Å². The second-order valence-electron chi connectivity index (χ2n) is 6.54. The highest BCUT2D eigenvalue weighted by atomic mass is 16.5. The topological polar surface area (TPSA) is 63.7 Å². The zero-order valence-electron chi connectivity index (χ0n) is 16.0. The summed E-state index contributed by atoms with van der Waals surface area (Å²) in [5.41, 5.74) is 5.83. The van der Waals surface area contributed by atoms with Crippen molar-refractivity contribution in [1.82, 2.24) is 20.2 Å². The molecular weight excluding hydrogens is 348 g/mol. The molecule has 0 amide bonds. The molecule has 3 aromatic heterocycles. The zero-order chi connectivity index (χ0) is 19.3. The molecule has 0 fully saturated rings. The molecule has 0 bridgehead atoms. The molecule has 1 aromatic carbocycles. The third-order valence-electron chi connectivity index (χ3n) is 4.68. The molecular formula is C23H22N4O. The molecule has 0 aliphatic carbocycles. The number of methoxy groups -OCH3 is 1. The predicted octanol–water partition coefficient (Wildman–Crippen LogP) is 5.51. The van der Waals surface area contributed by atoms with Crippen LogP contribution in [0.3, 0.4) is 0 Å². The van der Waals surface area contributed by atoms with Crippen molar-refractivity contribution in [3.63, 3.8) is 0 Å². The van der Waals surface area contributed by atoms with Crippen LogP contribution in [0.5, 0.6) is 5.88 Å². The van der Waals surface area contributed by atoms with Gasteiger partial charge >= 0.3 is 0 Å². The second kappa shape index (κ2) is 8.05. The number of nitrogens with one attached hydrogen (secondary N) is 1. The van der Waals surface area contributed by atoms with Gasteiger partial charge in [-0.05, 0) is 30.7 Å². The normalized spacial score (nSPS) is 11.4. The van der Waals surface area contributed by atoms with Gasteiger partial charge in [-0.3, -0.25) is 4.98 Å². The van der Waals surface area contributed by atoms with Crippen LogP contribution in [0.15, 0.2) is 60.9 Å². The minimum Gasteiger partial charge on any atom is -0.479 e. The van der Waals surface area contributed by atoms with E-state index in [4.69, 9.17) is 4.74 Å². The first-order chi connectivity index (χ1) is 13.8. The summed E-state index contributed by atoms with van der Waals surface area (Å²) in [6.07, 6.45) is 10.0. The SMILES string of the molecule is CCCC=Cc1c(-c2cc(-c3ccncc3)nnc2OC)[nH]c2ccccc12. The number of nitrogens with zero attached hydrogens (tertiary/aromatic N) is 3. The number of pyridine rings is 1. The van der Waals surface area contributed by atoms with E-state index in [1.165, 1.54) is 5.39 Å². The Morgan fingerprint density at radius 1 is 1.07 bits per heavy atom. The van der Waals surface area contributed by atoms with Crippen molar-refractivity contribution in [2.75, 3.05) is 7.11 Å². The smallest absolute Gasteiger partial charge is 0.242 e. The number of rotatable bonds is 6. The Bertz CT molecular complexity index is 1120. The Balaban J connectivity index is 1.92. The first-order valence-corrected chi connectivity index (χ1v) is 9.41. The molecule has 5 nitrogen and oxygen atoms in total. The van der Waals surface area contributed by atoms with Gasteiger partial charge in [0.05, 0.1) is 24.1 Å². The predicted molar refractivity (Wildman–Crippen MR) is 113 cm³/mol. The van der Waals surface area contributed by atoms with Crippen LogP contribution in [0.2, 0.25) is 0 Å². The van der Waals surface area contributed by atoms with Crippen LogP contribution in [-0.4, -0.2) is 27.3 Å². The fourth-order valence-corrected chi connectivity index (χ4v) is 3.29. The van der Waals surface area contributed by atoms with Crippen molar-refractivity contribution in [1.29, 1.82) is 0 Å². The van der Waals surface area contributed by atoms with E-state index < -0.39 is 0 Å². The van der Waals surface area contributed by atoms with Crippen molar-refractivity contribution in [2.24, 2.45) is 0 Å². The van der Waals surface area contributed by atoms with Crippen molar-refractivity contribution < 1.29 is 4.74 Å². The van der Waals surface area contributed by atoms with Crippen LogP contribution in [0.4, 0.5) is 0 Å². The van der Waals surface area contributed by atoms with E-state index in [9.17, 15) is 0 Å². The summed E-state index contributed by atoms with van der Waals surface area (Å²) >= 11 is 0. The summed E-state index contributed by atoms with van der Waals surface area (Å²) in [6, 6.07) is 14.2. The van der Waals surface area contributed by atoms with Crippen LogP contribution in [0, 0.1) is 0 Å². The number of aromatic nitrogens is 4. The number of ether oxygens (including phenoxy) is 1. The summed E-state index contributed by atoms with van der Waals surface area (Å²) in [4.78, 5) is 7.63. The van der Waals surface area contributed by atoms with Gasteiger partial charge in [0.25, 0.3) is 0 Å². The molecule has 1 N–H and O–H groups in total. The summed E-state index contributed by atoms with van der Waals surface area (Å²) in [6.45, 7) is 2.18. The van der Waals surface area contributed by atoms with Gasteiger partial charge in [0.15, 0.2) is 0 Å². The number of hydrogen-bond donors (Lipinski definition) is 1. The monoisotopic (exact) mass is 370 g/mol. The number of benzene rings is 1. The molecule has 0 saturated carbocycles. The van der Waals surface area contributed by atoms with Crippen molar-refractivity contribution >= 4 is 17.0 Å². The van der Waals surface area contributed by atoms with Crippen molar-refractivity contribution in [2.45, 2.75) is 19.8 Å². The van der Waals surface area contributed by atoms with Gasteiger partial charge in [0, 0.05) is 34.4 Å². The third-order valence-corrected chi connectivity index (χ3v) is 4.68. The molecule has 140 valence electrons. The van der Waals surface area contributed by atoms with E-state index in [1.807, 2.05) is 24.3 Å². The molecule has 3 heterocycles. The zero-order valence-corrected chi connectivity index (χ0v) is 16.0. The number of hydrogen-bond acceptors (Lipinski definition) is 4. The molecule has 0 spiro atoms. The van der Waals surface area contributed by atoms with Gasteiger partial charge in [-0.2, -0.15) is 0 Å². The lowest BCUT2D eigenvalue weighted by atomic mass is 10.0. The quantitative estimate of drug-likeness (QED) is 0.486. The third kappa shape index (κ3) is 3.39. The minimum absolute atomic E-state index is 0.495. The first-order valence-electron chi connectivity index (χ1n) is 9.41. The van der Waals surface area contributed by atoms with E-state index >= 15 is 0 Å². The lowest BCUT2D eigenvalue weighted by Crippen LogP contribution is -1.97. The van der Waals surface area contributed by atoms with Crippen molar-refractivity contribution in [3.05, 3.63) is 66.5 Å². The van der Waals surface area contributed by atoms with Crippen molar-refractivity contribution in [3.8, 4) is 28.4 Å². The number of para-hydroxylation sites is 1. The van der Waals surface area contributed by atoms with Crippen LogP contribution in [0.1, 0.15) is 25.3 Å². The first kappa shape index (κ1) is 17.9. The molecule has 0 unspecified atom stereocenters. The molecule has 0 saturated heterocycles.